The lowest BCUT2D eigenvalue weighted by Crippen LogP contribution is -2.07. The van der Waals surface area contributed by atoms with Crippen LogP contribution in [0.4, 0.5) is 4.79 Å². The summed E-state index contributed by atoms with van der Waals surface area (Å²) >= 11 is 3.29. The molecule has 1 heterocycles. The molecule has 0 aliphatic carbocycles. The van der Waals surface area contributed by atoms with E-state index in [4.69, 9.17) is 9.26 Å². The van der Waals surface area contributed by atoms with Crippen LogP contribution in [-0.2, 0) is 4.74 Å². The largest absolute Gasteiger partial charge is 0.515 e. The van der Waals surface area contributed by atoms with Gasteiger partial charge in [0.25, 0.3) is 5.88 Å². The van der Waals surface area contributed by atoms with Crippen LogP contribution in [0.15, 0.2) is 27.2 Å². The SMILES string of the molecule is COC(=O)Oc1noc2ccc(Br)cc12. The predicted molar refractivity (Wildman–Crippen MR) is 54.7 cm³/mol. The maximum Gasteiger partial charge on any atom is 0.515 e. The van der Waals surface area contributed by atoms with Crippen LogP contribution in [0.5, 0.6) is 5.88 Å². The predicted octanol–water partition coefficient (Wildman–Crippen LogP) is 2.74. The molecular weight excluding hydrogens is 266 g/mol. The van der Waals surface area contributed by atoms with Gasteiger partial charge < -0.3 is 14.0 Å². The molecule has 78 valence electrons. The van der Waals surface area contributed by atoms with Gasteiger partial charge in [-0.2, -0.15) is 0 Å². The fraction of sp³-hybridized carbons (Fsp3) is 0.111. The average molecular weight is 272 g/mol. The Labute approximate surface area is 93.1 Å². The van der Waals surface area contributed by atoms with Gasteiger partial charge in [-0.25, -0.2) is 4.79 Å². The van der Waals surface area contributed by atoms with Crippen LogP contribution < -0.4 is 4.74 Å². The Hall–Kier alpha value is -1.56. The number of aromatic nitrogens is 1. The van der Waals surface area contributed by atoms with Crippen molar-refractivity contribution in [3.05, 3.63) is 22.7 Å². The Balaban J connectivity index is 2.43. The Morgan fingerprint density at radius 2 is 2.33 bits per heavy atom. The molecule has 0 fully saturated rings. The number of rotatable bonds is 1. The second-order valence-corrected chi connectivity index (χ2v) is 3.60. The zero-order valence-corrected chi connectivity index (χ0v) is 9.28. The van der Waals surface area contributed by atoms with Crippen molar-refractivity contribution in [2.75, 3.05) is 7.11 Å². The molecular formula is C9H6BrNO4. The molecule has 0 unspecified atom stereocenters. The molecule has 2 aromatic rings. The molecule has 0 saturated carbocycles. The summed E-state index contributed by atoms with van der Waals surface area (Å²) in [5, 5.41) is 4.21. The minimum absolute atomic E-state index is 0.0955. The summed E-state index contributed by atoms with van der Waals surface area (Å²) < 4.78 is 14.9. The lowest BCUT2D eigenvalue weighted by atomic mass is 10.3. The standard InChI is InChI=1S/C9H6BrNO4/c1-13-9(12)14-8-6-4-5(10)2-3-7(6)15-11-8/h2-4H,1H3. The van der Waals surface area contributed by atoms with E-state index in [2.05, 4.69) is 25.8 Å². The van der Waals surface area contributed by atoms with E-state index in [9.17, 15) is 4.79 Å². The van der Waals surface area contributed by atoms with Gasteiger partial charge >= 0.3 is 6.16 Å². The highest BCUT2D eigenvalue weighted by molar-refractivity contribution is 9.10. The van der Waals surface area contributed by atoms with Crippen molar-refractivity contribution >= 4 is 33.1 Å². The fourth-order valence-corrected chi connectivity index (χ4v) is 1.44. The second kappa shape index (κ2) is 3.90. The zero-order valence-electron chi connectivity index (χ0n) is 7.69. The third-order valence-electron chi connectivity index (χ3n) is 1.75. The number of halogens is 1. The number of hydrogen-bond acceptors (Lipinski definition) is 5. The van der Waals surface area contributed by atoms with Gasteiger partial charge in [-0.1, -0.05) is 15.9 Å². The molecule has 0 radical (unpaired) electrons. The molecule has 1 aromatic heterocycles. The van der Waals surface area contributed by atoms with Crippen LogP contribution in [0.2, 0.25) is 0 Å². The molecule has 0 amide bonds. The van der Waals surface area contributed by atoms with Crippen LogP contribution in [0.1, 0.15) is 0 Å². The second-order valence-electron chi connectivity index (χ2n) is 2.68. The normalized spacial score (nSPS) is 10.3. The third-order valence-corrected chi connectivity index (χ3v) is 2.24. The zero-order chi connectivity index (χ0) is 10.8. The number of fused-ring (bicyclic) bond motifs is 1. The van der Waals surface area contributed by atoms with E-state index in [1.807, 2.05) is 0 Å². The van der Waals surface area contributed by atoms with Gasteiger partial charge in [0.2, 0.25) is 0 Å². The Morgan fingerprint density at radius 3 is 3.07 bits per heavy atom. The third kappa shape index (κ3) is 1.94. The van der Waals surface area contributed by atoms with Crippen LogP contribution >= 0.6 is 15.9 Å². The summed E-state index contributed by atoms with van der Waals surface area (Å²) in [7, 11) is 1.22. The number of nitrogens with zero attached hydrogens (tertiary/aromatic N) is 1. The van der Waals surface area contributed by atoms with E-state index in [0.717, 1.165) is 4.47 Å². The highest BCUT2D eigenvalue weighted by Gasteiger charge is 2.13. The maximum atomic E-state index is 10.9. The molecule has 0 aliphatic heterocycles. The van der Waals surface area contributed by atoms with Crippen LogP contribution in [0.3, 0.4) is 0 Å². The van der Waals surface area contributed by atoms with Gasteiger partial charge in [0.05, 0.1) is 12.5 Å². The Kier molecular flexibility index (Phi) is 2.59. The monoisotopic (exact) mass is 271 g/mol. The quantitative estimate of drug-likeness (QED) is 0.747. The van der Waals surface area contributed by atoms with Crippen molar-refractivity contribution in [3.63, 3.8) is 0 Å². The summed E-state index contributed by atoms with van der Waals surface area (Å²) in [6.45, 7) is 0. The molecule has 15 heavy (non-hydrogen) atoms. The number of carbonyl (C=O) groups excluding carboxylic acids is 1. The number of methoxy groups -OCH3 is 1. The minimum atomic E-state index is -0.829. The molecule has 0 saturated heterocycles. The topological polar surface area (TPSA) is 61.6 Å². The van der Waals surface area contributed by atoms with E-state index in [1.165, 1.54) is 7.11 Å². The molecule has 0 atom stereocenters. The van der Waals surface area contributed by atoms with Gasteiger partial charge in [0, 0.05) is 4.47 Å². The Bertz CT molecular complexity index is 508. The van der Waals surface area contributed by atoms with Gasteiger partial charge in [-0.15, -0.1) is 0 Å². The molecule has 6 heteroatoms. The number of carbonyl (C=O) groups is 1. The first kappa shape index (κ1) is 9.97. The summed E-state index contributed by atoms with van der Waals surface area (Å²) in [4.78, 5) is 10.9. The highest BCUT2D eigenvalue weighted by Crippen LogP contribution is 2.27. The minimum Gasteiger partial charge on any atom is -0.437 e. The molecule has 2 rings (SSSR count). The molecule has 0 aliphatic rings. The van der Waals surface area contributed by atoms with Gasteiger partial charge in [-0.3, -0.25) is 0 Å². The Morgan fingerprint density at radius 1 is 1.53 bits per heavy atom. The molecule has 0 spiro atoms. The van der Waals surface area contributed by atoms with Gasteiger partial charge in [0.15, 0.2) is 5.58 Å². The molecule has 0 N–H and O–H groups in total. The van der Waals surface area contributed by atoms with Crippen molar-refractivity contribution in [2.24, 2.45) is 0 Å². The summed E-state index contributed by atoms with van der Waals surface area (Å²) in [6.07, 6.45) is -0.829. The van der Waals surface area contributed by atoms with E-state index >= 15 is 0 Å². The van der Waals surface area contributed by atoms with Crippen molar-refractivity contribution in [2.45, 2.75) is 0 Å². The molecule has 1 aromatic carbocycles. The number of hydrogen-bond donors (Lipinski definition) is 0. The number of ether oxygens (including phenoxy) is 2. The first-order valence-corrected chi connectivity index (χ1v) is 4.81. The van der Waals surface area contributed by atoms with E-state index in [0.29, 0.717) is 11.0 Å². The van der Waals surface area contributed by atoms with Crippen LogP contribution in [0, 0.1) is 0 Å². The summed E-state index contributed by atoms with van der Waals surface area (Å²) in [5.41, 5.74) is 0.539. The first-order chi connectivity index (χ1) is 7.20. The van der Waals surface area contributed by atoms with Crippen molar-refractivity contribution in [1.82, 2.24) is 5.16 Å². The van der Waals surface area contributed by atoms with Crippen LogP contribution in [-0.4, -0.2) is 18.4 Å². The lowest BCUT2D eigenvalue weighted by molar-refractivity contribution is 0.118. The van der Waals surface area contributed by atoms with Crippen molar-refractivity contribution < 1.29 is 18.8 Å². The number of benzene rings is 1. The van der Waals surface area contributed by atoms with Gasteiger partial charge in [0.1, 0.15) is 0 Å². The lowest BCUT2D eigenvalue weighted by Gasteiger charge is -1.97. The summed E-state index contributed by atoms with van der Waals surface area (Å²) in [6, 6.07) is 5.26. The van der Waals surface area contributed by atoms with Crippen molar-refractivity contribution in [1.29, 1.82) is 0 Å². The first-order valence-electron chi connectivity index (χ1n) is 4.01. The average Bonchev–Trinajstić information content (AvgIpc) is 2.61. The molecule has 5 nitrogen and oxygen atoms in total. The van der Waals surface area contributed by atoms with Gasteiger partial charge in [-0.05, 0) is 23.4 Å². The van der Waals surface area contributed by atoms with E-state index < -0.39 is 6.16 Å². The van der Waals surface area contributed by atoms with E-state index in [1.54, 1.807) is 18.2 Å². The maximum absolute atomic E-state index is 10.9. The van der Waals surface area contributed by atoms with Crippen LogP contribution in [0.25, 0.3) is 11.0 Å². The van der Waals surface area contributed by atoms with Crippen molar-refractivity contribution in [3.8, 4) is 5.88 Å². The fourth-order valence-electron chi connectivity index (χ4n) is 1.08. The van der Waals surface area contributed by atoms with E-state index in [-0.39, 0.29) is 5.88 Å². The summed E-state index contributed by atoms with van der Waals surface area (Å²) in [5.74, 6) is 0.0955. The molecule has 0 bridgehead atoms. The smallest absolute Gasteiger partial charge is 0.437 e. The highest BCUT2D eigenvalue weighted by atomic mass is 79.9.